The molecule has 1 atom stereocenters. The second-order valence-corrected chi connectivity index (χ2v) is 5.90. The van der Waals surface area contributed by atoms with E-state index in [1.165, 1.54) is 12.1 Å². The van der Waals surface area contributed by atoms with Crippen LogP contribution < -0.4 is 14.8 Å². The fraction of sp³-hybridized carbons (Fsp3) is 0.300. The average molecular weight is 429 g/mol. The van der Waals surface area contributed by atoms with Crippen molar-refractivity contribution in [2.45, 2.75) is 18.7 Å². The first-order valence-corrected chi connectivity index (χ1v) is 8.67. The van der Waals surface area contributed by atoms with Gasteiger partial charge in [0.1, 0.15) is 17.6 Å². The Morgan fingerprint density at radius 3 is 1.87 bits per heavy atom. The molecule has 0 aliphatic heterocycles. The summed E-state index contributed by atoms with van der Waals surface area (Å²) in [5.74, 6) is -2.51. The van der Waals surface area contributed by atoms with Crippen LogP contribution in [0.15, 0.2) is 48.5 Å². The van der Waals surface area contributed by atoms with Crippen molar-refractivity contribution in [3.05, 3.63) is 59.7 Å². The van der Waals surface area contributed by atoms with Crippen molar-refractivity contribution in [2.24, 2.45) is 0 Å². The molecule has 0 bridgehead atoms. The fourth-order valence-corrected chi connectivity index (χ4v) is 2.27. The van der Waals surface area contributed by atoms with Crippen LogP contribution in [0.25, 0.3) is 0 Å². The Morgan fingerprint density at radius 2 is 1.47 bits per heavy atom. The Kier molecular flexibility index (Phi) is 9.63. The van der Waals surface area contributed by atoms with E-state index in [1.807, 2.05) is 31.3 Å². The van der Waals surface area contributed by atoms with Gasteiger partial charge < -0.3 is 25.0 Å². The van der Waals surface area contributed by atoms with E-state index < -0.39 is 23.7 Å². The third-order valence-corrected chi connectivity index (χ3v) is 3.79. The van der Waals surface area contributed by atoms with Crippen molar-refractivity contribution in [3.63, 3.8) is 0 Å². The van der Waals surface area contributed by atoms with Crippen LogP contribution in [0.3, 0.4) is 0 Å². The van der Waals surface area contributed by atoms with Crippen LogP contribution >= 0.6 is 0 Å². The van der Waals surface area contributed by atoms with Gasteiger partial charge in [-0.15, -0.1) is 0 Å². The number of carbonyl (C=O) groups is 2. The summed E-state index contributed by atoms with van der Waals surface area (Å²) in [5.41, 5.74) is 0.247. The number of carboxylic acids is 2. The second-order valence-electron chi connectivity index (χ2n) is 5.90. The predicted molar refractivity (Wildman–Crippen MR) is 102 cm³/mol. The molecule has 0 amide bonds. The highest BCUT2D eigenvalue weighted by atomic mass is 19.4. The van der Waals surface area contributed by atoms with E-state index in [1.54, 1.807) is 7.11 Å². The number of alkyl halides is 3. The van der Waals surface area contributed by atoms with E-state index >= 15 is 0 Å². The van der Waals surface area contributed by atoms with E-state index in [-0.39, 0.29) is 6.10 Å². The largest absolute Gasteiger partial charge is 0.497 e. The fourth-order valence-electron chi connectivity index (χ4n) is 2.27. The first-order chi connectivity index (χ1) is 14.1. The molecule has 2 aromatic rings. The summed E-state index contributed by atoms with van der Waals surface area (Å²) >= 11 is 0. The molecule has 2 aromatic carbocycles. The summed E-state index contributed by atoms with van der Waals surface area (Å²) in [6.07, 6.45) is -3.93. The van der Waals surface area contributed by atoms with Gasteiger partial charge >= 0.3 is 18.1 Å². The lowest BCUT2D eigenvalue weighted by Gasteiger charge is -2.20. The van der Waals surface area contributed by atoms with Gasteiger partial charge in [-0.25, -0.2) is 9.59 Å². The topological polar surface area (TPSA) is 105 Å². The number of ether oxygens (including phenoxy) is 2. The highest BCUT2D eigenvalue weighted by molar-refractivity contribution is 6.27. The van der Waals surface area contributed by atoms with E-state index in [0.29, 0.717) is 12.2 Å². The molecule has 0 radical (unpaired) electrons. The number of methoxy groups -OCH3 is 1. The molecular weight excluding hydrogens is 407 g/mol. The zero-order valence-electron chi connectivity index (χ0n) is 16.3. The van der Waals surface area contributed by atoms with Crippen LogP contribution in [0.4, 0.5) is 13.2 Å². The monoisotopic (exact) mass is 429 g/mol. The molecule has 0 spiro atoms. The Hall–Kier alpha value is -3.27. The van der Waals surface area contributed by atoms with Crippen LogP contribution in [0.5, 0.6) is 11.5 Å². The molecule has 0 fully saturated rings. The minimum Gasteiger partial charge on any atom is -0.497 e. The maximum absolute atomic E-state index is 12.6. The third-order valence-electron chi connectivity index (χ3n) is 3.79. The molecule has 0 aromatic heterocycles. The summed E-state index contributed by atoms with van der Waals surface area (Å²) < 4.78 is 48.9. The van der Waals surface area contributed by atoms with Crippen LogP contribution in [0.2, 0.25) is 0 Å². The lowest BCUT2D eigenvalue weighted by molar-refractivity contribution is -0.159. The smallest absolute Gasteiger partial charge is 0.416 e. The van der Waals surface area contributed by atoms with E-state index in [0.717, 1.165) is 30.0 Å². The zero-order chi connectivity index (χ0) is 22.7. The quantitative estimate of drug-likeness (QED) is 0.578. The Morgan fingerprint density at radius 1 is 0.967 bits per heavy atom. The second kappa shape index (κ2) is 11.7. The summed E-state index contributed by atoms with van der Waals surface area (Å²) in [4.78, 5) is 18.2. The van der Waals surface area contributed by atoms with Gasteiger partial charge in [-0.1, -0.05) is 12.1 Å². The minimum absolute atomic E-state index is 0.264. The van der Waals surface area contributed by atoms with Gasteiger partial charge in [-0.3, -0.25) is 0 Å². The standard InChI is InChI=1S/C18H20F3NO2.C2H2O4/c1-22-12-11-17(13-3-7-15(23-2)8-4-13)24-16-9-5-14(6-10-16)18(19,20)21;3-1(4)2(5)6/h3-10,17,22H,11-12H2,1-2H3;(H,3,4)(H,5,6). The summed E-state index contributed by atoms with van der Waals surface area (Å²) in [6, 6.07) is 12.2. The number of aliphatic carboxylic acids is 2. The lowest BCUT2D eigenvalue weighted by atomic mass is 10.1. The van der Waals surface area contributed by atoms with Gasteiger partial charge in [0.25, 0.3) is 0 Å². The Bertz CT molecular complexity index is 795. The zero-order valence-corrected chi connectivity index (χ0v) is 16.3. The van der Waals surface area contributed by atoms with Gasteiger partial charge in [-0.2, -0.15) is 13.2 Å². The van der Waals surface area contributed by atoms with Crippen molar-refractivity contribution in [2.75, 3.05) is 20.7 Å². The van der Waals surface area contributed by atoms with Gasteiger partial charge in [-0.05, 0) is 55.6 Å². The molecule has 0 saturated heterocycles. The Balaban J connectivity index is 0.000000656. The molecule has 1 unspecified atom stereocenters. The van der Waals surface area contributed by atoms with Crippen molar-refractivity contribution < 1.29 is 42.4 Å². The number of nitrogens with one attached hydrogen (secondary N) is 1. The Labute approximate surface area is 171 Å². The summed E-state index contributed by atoms with van der Waals surface area (Å²) in [5, 5.41) is 17.8. The van der Waals surface area contributed by atoms with E-state index in [9.17, 15) is 13.2 Å². The first-order valence-electron chi connectivity index (χ1n) is 8.67. The highest BCUT2D eigenvalue weighted by Crippen LogP contribution is 2.32. The van der Waals surface area contributed by atoms with Crippen molar-refractivity contribution in [1.29, 1.82) is 0 Å². The molecule has 3 N–H and O–H groups in total. The number of carboxylic acid groups (broad SMARTS) is 2. The van der Waals surface area contributed by atoms with Crippen LogP contribution in [-0.2, 0) is 15.8 Å². The van der Waals surface area contributed by atoms with Crippen LogP contribution in [-0.4, -0.2) is 42.9 Å². The molecule has 164 valence electrons. The van der Waals surface area contributed by atoms with Gasteiger partial charge in [0.2, 0.25) is 0 Å². The maximum Gasteiger partial charge on any atom is 0.416 e. The van der Waals surface area contributed by atoms with Crippen molar-refractivity contribution in [3.8, 4) is 11.5 Å². The molecular formula is C20H22F3NO6. The highest BCUT2D eigenvalue weighted by Gasteiger charge is 2.30. The molecule has 7 nitrogen and oxygen atoms in total. The van der Waals surface area contributed by atoms with Crippen LogP contribution in [0.1, 0.15) is 23.7 Å². The first kappa shape index (κ1) is 24.8. The number of hydrogen-bond acceptors (Lipinski definition) is 5. The molecule has 10 heteroatoms. The summed E-state index contributed by atoms with van der Waals surface area (Å²) in [6.45, 7) is 0.720. The van der Waals surface area contributed by atoms with Crippen molar-refractivity contribution >= 4 is 11.9 Å². The maximum atomic E-state index is 12.6. The molecule has 0 aliphatic rings. The van der Waals surface area contributed by atoms with Crippen molar-refractivity contribution in [1.82, 2.24) is 5.32 Å². The molecule has 30 heavy (non-hydrogen) atoms. The molecule has 0 aliphatic carbocycles. The lowest BCUT2D eigenvalue weighted by Crippen LogP contribution is -2.16. The third kappa shape index (κ3) is 8.39. The molecule has 0 saturated carbocycles. The average Bonchev–Trinajstić information content (AvgIpc) is 2.71. The van der Waals surface area contributed by atoms with E-state index in [4.69, 9.17) is 29.3 Å². The summed E-state index contributed by atoms with van der Waals surface area (Å²) in [7, 11) is 3.43. The van der Waals surface area contributed by atoms with Gasteiger partial charge in [0.05, 0.1) is 12.7 Å². The van der Waals surface area contributed by atoms with Gasteiger partial charge in [0, 0.05) is 6.42 Å². The number of benzene rings is 2. The number of halogens is 3. The van der Waals surface area contributed by atoms with E-state index in [2.05, 4.69) is 5.32 Å². The molecule has 2 rings (SSSR count). The SMILES string of the molecule is CNCCC(Oc1ccc(C(F)(F)F)cc1)c1ccc(OC)cc1.O=C(O)C(=O)O. The number of hydrogen-bond donors (Lipinski definition) is 3. The van der Waals surface area contributed by atoms with Gasteiger partial charge in [0.15, 0.2) is 0 Å². The van der Waals surface area contributed by atoms with Crippen LogP contribution in [0, 0.1) is 0 Å². The minimum atomic E-state index is -4.35. The predicted octanol–water partition coefficient (Wildman–Crippen LogP) is 3.60. The number of rotatable bonds is 7. The normalized spacial score (nSPS) is 11.6. The molecule has 0 heterocycles.